The molecule has 7 nitrogen and oxygen atoms in total. The molecule has 1 aromatic rings. The molecule has 0 spiro atoms. The number of fused-ring (bicyclic) bond motifs is 1. The molecular formula is C17H20N2O5S. The van der Waals surface area contributed by atoms with Crippen LogP contribution >= 0.6 is 0 Å². The number of carbonyl (C=O) groups is 2. The molecule has 2 amide bonds. The van der Waals surface area contributed by atoms with Gasteiger partial charge in [-0.05, 0) is 35.6 Å². The van der Waals surface area contributed by atoms with Gasteiger partial charge < -0.3 is 10.0 Å². The molecule has 0 atom stereocenters. The summed E-state index contributed by atoms with van der Waals surface area (Å²) in [5, 5.41) is 10.2. The van der Waals surface area contributed by atoms with E-state index in [2.05, 4.69) is 13.8 Å². The number of carbonyl (C=O) groups excluding carboxylic acids is 2. The number of rotatable bonds is 4. The molecule has 1 aromatic carbocycles. The number of hydrogen-bond acceptors (Lipinski definition) is 5. The van der Waals surface area contributed by atoms with Crippen molar-refractivity contribution in [2.45, 2.75) is 33.2 Å². The van der Waals surface area contributed by atoms with Crippen LogP contribution in [0.3, 0.4) is 0 Å². The first-order chi connectivity index (χ1) is 11.7. The molecule has 2 heterocycles. The van der Waals surface area contributed by atoms with Gasteiger partial charge in [-0.3, -0.25) is 9.59 Å². The summed E-state index contributed by atoms with van der Waals surface area (Å²) in [5.41, 5.74) is 1.55. The van der Waals surface area contributed by atoms with Crippen molar-refractivity contribution in [3.05, 3.63) is 34.9 Å². The van der Waals surface area contributed by atoms with E-state index in [4.69, 9.17) is 0 Å². The maximum absolute atomic E-state index is 12.3. The van der Waals surface area contributed by atoms with Crippen LogP contribution in [-0.2, 0) is 32.6 Å². The van der Waals surface area contributed by atoms with Gasteiger partial charge in [0.05, 0.1) is 6.42 Å². The Bertz CT molecular complexity index is 887. The highest BCUT2D eigenvalue weighted by Crippen LogP contribution is 2.35. The zero-order chi connectivity index (χ0) is 18.4. The molecule has 0 saturated carbocycles. The first-order valence-electron chi connectivity index (χ1n) is 8.09. The van der Waals surface area contributed by atoms with Crippen LogP contribution in [0, 0.1) is 5.92 Å². The molecule has 3 rings (SSSR count). The van der Waals surface area contributed by atoms with Crippen molar-refractivity contribution in [3.63, 3.8) is 0 Å². The summed E-state index contributed by atoms with van der Waals surface area (Å²) < 4.78 is 25.9. The minimum absolute atomic E-state index is 0.00940. The van der Waals surface area contributed by atoms with Crippen molar-refractivity contribution in [1.29, 1.82) is 0 Å². The van der Waals surface area contributed by atoms with E-state index in [-0.39, 0.29) is 28.5 Å². The summed E-state index contributed by atoms with van der Waals surface area (Å²) in [6, 6.07) is 2.98. The summed E-state index contributed by atoms with van der Waals surface area (Å²) >= 11 is 0. The smallest absolute Gasteiger partial charge is 0.265 e. The number of phenolic OH excluding ortho intramolecular Hbond substituents is 1. The lowest BCUT2D eigenvalue weighted by Crippen LogP contribution is -2.37. The molecule has 8 heteroatoms. The zero-order valence-corrected chi connectivity index (χ0v) is 14.9. The van der Waals surface area contributed by atoms with Crippen LogP contribution in [0.15, 0.2) is 18.2 Å². The summed E-state index contributed by atoms with van der Waals surface area (Å²) in [5.74, 6) is -0.533. The van der Waals surface area contributed by atoms with Gasteiger partial charge in [0.15, 0.2) is 0 Å². The topological polar surface area (TPSA) is 104 Å². The predicted molar refractivity (Wildman–Crippen MR) is 91.7 cm³/mol. The minimum Gasteiger partial charge on any atom is -0.507 e. The van der Waals surface area contributed by atoms with E-state index in [0.29, 0.717) is 24.6 Å². The van der Waals surface area contributed by atoms with Gasteiger partial charge in [0.25, 0.3) is 15.9 Å². The van der Waals surface area contributed by atoms with Gasteiger partial charge in [-0.25, -0.2) is 13.1 Å². The quantitative estimate of drug-likeness (QED) is 0.833. The summed E-state index contributed by atoms with van der Waals surface area (Å²) in [6.07, 6.45) is 2.01. The van der Waals surface area contributed by atoms with Crippen molar-refractivity contribution in [2.24, 2.45) is 5.92 Å². The molecular weight excluding hydrogens is 344 g/mol. The highest BCUT2D eigenvalue weighted by molar-refractivity contribution is 8.00. The lowest BCUT2D eigenvalue weighted by molar-refractivity contribution is -0.132. The molecule has 0 unspecified atom stereocenters. The Hall–Kier alpha value is -2.35. The highest BCUT2D eigenvalue weighted by Gasteiger charge is 2.32. The Kier molecular flexibility index (Phi) is 4.32. The van der Waals surface area contributed by atoms with E-state index >= 15 is 0 Å². The largest absolute Gasteiger partial charge is 0.507 e. The Morgan fingerprint density at radius 3 is 2.56 bits per heavy atom. The third-order valence-corrected chi connectivity index (χ3v) is 5.79. The van der Waals surface area contributed by atoms with Crippen LogP contribution in [-0.4, -0.2) is 36.8 Å². The van der Waals surface area contributed by atoms with Crippen LogP contribution < -0.4 is 4.72 Å². The fraction of sp³-hybridized carbons (Fsp3) is 0.412. The number of hydrogen-bond donors (Lipinski definition) is 2. The number of phenols is 1. The molecule has 0 aliphatic carbocycles. The van der Waals surface area contributed by atoms with Gasteiger partial charge in [-0.15, -0.1) is 0 Å². The fourth-order valence-electron chi connectivity index (χ4n) is 3.01. The Labute approximate surface area is 146 Å². The second kappa shape index (κ2) is 6.18. The molecule has 2 N–H and O–H groups in total. The molecule has 2 aliphatic rings. The SMILES string of the molecule is CC(C)CCN1Cc2cc(C3=CC(=O)NS3(=O)=O)c(O)cc2CC1=O. The minimum atomic E-state index is -3.96. The van der Waals surface area contributed by atoms with Crippen LogP contribution in [0.4, 0.5) is 0 Å². The van der Waals surface area contributed by atoms with Crippen molar-refractivity contribution in [3.8, 4) is 5.75 Å². The molecule has 0 aromatic heterocycles. The van der Waals surface area contributed by atoms with E-state index in [1.54, 1.807) is 11.0 Å². The summed E-state index contributed by atoms with van der Waals surface area (Å²) in [7, 11) is -3.96. The number of nitrogens with zero attached hydrogens (tertiary/aromatic N) is 1. The monoisotopic (exact) mass is 364 g/mol. The number of amides is 2. The third-order valence-electron chi connectivity index (χ3n) is 4.40. The molecule has 0 fully saturated rings. The van der Waals surface area contributed by atoms with Crippen molar-refractivity contribution < 1.29 is 23.1 Å². The molecule has 25 heavy (non-hydrogen) atoms. The molecule has 0 radical (unpaired) electrons. The van der Waals surface area contributed by atoms with Gasteiger partial charge in [0.2, 0.25) is 5.91 Å². The second-order valence-electron chi connectivity index (χ2n) is 6.79. The first-order valence-corrected chi connectivity index (χ1v) is 9.57. The average Bonchev–Trinajstić information content (AvgIpc) is 2.77. The standard InChI is InChI=1S/C17H20N2O5S/c1-10(2)3-4-19-9-12-5-13(14(20)6-11(12)7-17(19)22)15-8-16(21)18-25(15,23)24/h5-6,8,10,20H,3-4,7,9H2,1-2H3,(H,18,21). The van der Waals surface area contributed by atoms with E-state index < -0.39 is 15.9 Å². The molecule has 0 saturated heterocycles. The molecule has 134 valence electrons. The van der Waals surface area contributed by atoms with E-state index in [0.717, 1.165) is 18.1 Å². The Balaban J connectivity index is 1.96. The van der Waals surface area contributed by atoms with Gasteiger partial charge in [0.1, 0.15) is 10.7 Å². The second-order valence-corrected chi connectivity index (χ2v) is 8.44. The lowest BCUT2D eigenvalue weighted by atomic mass is 9.95. The van der Waals surface area contributed by atoms with Gasteiger partial charge in [0, 0.05) is 24.7 Å². The Morgan fingerprint density at radius 2 is 1.96 bits per heavy atom. The van der Waals surface area contributed by atoms with Crippen LogP contribution in [0.5, 0.6) is 5.75 Å². The predicted octanol–water partition coefficient (Wildman–Crippen LogP) is 1.12. The maximum Gasteiger partial charge on any atom is 0.265 e. The van der Waals surface area contributed by atoms with Crippen LogP contribution in [0.25, 0.3) is 4.91 Å². The number of benzene rings is 1. The van der Waals surface area contributed by atoms with Crippen molar-refractivity contribution in [1.82, 2.24) is 9.62 Å². The summed E-state index contributed by atoms with van der Waals surface area (Å²) in [4.78, 5) is 25.1. The third kappa shape index (κ3) is 3.39. The van der Waals surface area contributed by atoms with Gasteiger partial charge in [-0.1, -0.05) is 13.8 Å². The van der Waals surface area contributed by atoms with E-state index in [1.165, 1.54) is 6.07 Å². The Morgan fingerprint density at radius 1 is 1.24 bits per heavy atom. The van der Waals surface area contributed by atoms with Crippen LogP contribution in [0.1, 0.15) is 37.0 Å². The van der Waals surface area contributed by atoms with Gasteiger partial charge >= 0.3 is 0 Å². The van der Waals surface area contributed by atoms with Gasteiger partial charge in [-0.2, -0.15) is 0 Å². The van der Waals surface area contributed by atoms with Crippen molar-refractivity contribution in [2.75, 3.05) is 6.54 Å². The van der Waals surface area contributed by atoms with E-state index in [9.17, 15) is 23.1 Å². The average molecular weight is 364 g/mol. The zero-order valence-electron chi connectivity index (χ0n) is 14.1. The lowest BCUT2D eigenvalue weighted by Gasteiger charge is -2.30. The summed E-state index contributed by atoms with van der Waals surface area (Å²) in [6.45, 7) is 5.16. The fourth-order valence-corrected chi connectivity index (χ4v) is 4.16. The van der Waals surface area contributed by atoms with Crippen molar-refractivity contribution >= 4 is 26.7 Å². The van der Waals surface area contributed by atoms with Crippen LogP contribution in [0.2, 0.25) is 0 Å². The van der Waals surface area contributed by atoms with E-state index in [1.807, 2.05) is 4.72 Å². The number of nitrogens with one attached hydrogen (secondary N) is 1. The number of sulfonamides is 1. The maximum atomic E-state index is 12.3. The number of aromatic hydroxyl groups is 1. The molecule has 0 bridgehead atoms. The highest BCUT2D eigenvalue weighted by atomic mass is 32.2. The normalized spacial score (nSPS) is 19.0. The first kappa shape index (κ1) is 17.5. The molecule has 2 aliphatic heterocycles.